The van der Waals surface area contributed by atoms with Crippen LogP contribution in [0.25, 0.3) is 11.3 Å². The van der Waals surface area contributed by atoms with Gasteiger partial charge in [-0.3, -0.25) is 4.98 Å². The van der Waals surface area contributed by atoms with E-state index in [0.717, 1.165) is 0 Å². The third-order valence-corrected chi connectivity index (χ3v) is 2.63. The lowest BCUT2D eigenvalue weighted by atomic mass is 10.1. The summed E-state index contributed by atoms with van der Waals surface area (Å²) in [6, 6.07) is 4.26. The molecule has 0 radical (unpaired) electrons. The zero-order valence-electron chi connectivity index (χ0n) is 9.52. The Morgan fingerprint density at radius 1 is 1.44 bits per heavy atom. The maximum atomic E-state index is 13.7. The van der Waals surface area contributed by atoms with Gasteiger partial charge in [-0.05, 0) is 18.2 Å². The topological polar surface area (TPSA) is 55.2 Å². The Hall–Kier alpha value is -1.72. The van der Waals surface area contributed by atoms with Gasteiger partial charge in [0.05, 0.1) is 25.6 Å². The van der Waals surface area contributed by atoms with E-state index in [1.807, 2.05) is 0 Å². The number of hydrogen-bond acceptors (Lipinski definition) is 4. The SMILES string of the molecule is COc1ccc(F)c(-c2ncc(CO)nc2Cl)c1. The van der Waals surface area contributed by atoms with E-state index in [1.54, 1.807) is 0 Å². The number of nitrogens with zero attached hydrogens (tertiary/aromatic N) is 2. The van der Waals surface area contributed by atoms with Crippen molar-refractivity contribution in [3.63, 3.8) is 0 Å². The van der Waals surface area contributed by atoms with Gasteiger partial charge in [0.15, 0.2) is 5.15 Å². The fraction of sp³-hybridized carbons (Fsp3) is 0.167. The smallest absolute Gasteiger partial charge is 0.155 e. The number of halogens is 2. The van der Waals surface area contributed by atoms with E-state index in [4.69, 9.17) is 21.4 Å². The van der Waals surface area contributed by atoms with Crippen LogP contribution >= 0.6 is 11.6 Å². The zero-order chi connectivity index (χ0) is 13.1. The first kappa shape index (κ1) is 12.7. The molecular formula is C12H10ClFN2O2. The monoisotopic (exact) mass is 268 g/mol. The molecule has 0 bridgehead atoms. The lowest BCUT2D eigenvalue weighted by Gasteiger charge is -2.07. The standard InChI is InChI=1S/C12H10ClFN2O2/c1-18-8-2-3-10(14)9(4-8)11-12(13)16-7(6-17)5-15-11/h2-5,17H,6H2,1H3. The minimum Gasteiger partial charge on any atom is -0.497 e. The summed E-state index contributed by atoms with van der Waals surface area (Å²) in [4.78, 5) is 7.92. The Morgan fingerprint density at radius 3 is 2.83 bits per heavy atom. The maximum absolute atomic E-state index is 13.7. The van der Waals surface area contributed by atoms with Crippen molar-refractivity contribution in [3.8, 4) is 17.0 Å². The molecule has 0 fully saturated rings. The molecule has 0 saturated carbocycles. The second kappa shape index (κ2) is 5.29. The molecule has 0 unspecified atom stereocenters. The summed E-state index contributed by atoms with van der Waals surface area (Å²) in [5.41, 5.74) is 0.744. The van der Waals surface area contributed by atoms with Crippen LogP contribution < -0.4 is 4.74 Å². The molecule has 0 aliphatic carbocycles. The highest BCUT2D eigenvalue weighted by atomic mass is 35.5. The largest absolute Gasteiger partial charge is 0.497 e. The van der Waals surface area contributed by atoms with Crippen molar-refractivity contribution in [2.24, 2.45) is 0 Å². The summed E-state index contributed by atoms with van der Waals surface area (Å²) in [5, 5.41) is 8.94. The normalized spacial score (nSPS) is 10.4. The van der Waals surface area contributed by atoms with Gasteiger partial charge in [-0.1, -0.05) is 11.6 Å². The molecule has 0 saturated heterocycles. The molecule has 1 heterocycles. The average molecular weight is 269 g/mol. The lowest BCUT2D eigenvalue weighted by Crippen LogP contribution is -1.97. The minimum absolute atomic E-state index is 0.0358. The van der Waals surface area contributed by atoms with Crippen molar-refractivity contribution in [2.75, 3.05) is 7.11 Å². The molecule has 1 aromatic carbocycles. The molecule has 1 N–H and O–H groups in total. The van der Waals surface area contributed by atoms with Gasteiger partial charge in [0.1, 0.15) is 17.3 Å². The Bertz CT molecular complexity index is 578. The molecule has 0 aliphatic heterocycles. The molecule has 94 valence electrons. The van der Waals surface area contributed by atoms with Crippen LogP contribution in [0, 0.1) is 5.82 Å². The number of hydrogen-bond donors (Lipinski definition) is 1. The quantitative estimate of drug-likeness (QED) is 0.929. The van der Waals surface area contributed by atoms with Gasteiger partial charge in [0.25, 0.3) is 0 Å². The van der Waals surface area contributed by atoms with Gasteiger partial charge >= 0.3 is 0 Å². The van der Waals surface area contributed by atoms with Crippen LogP contribution in [0.4, 0.5) is 4.39 Å². The fourth-order valence-electron chi connectivity index (χ4n) is 1.47. The Morgan fingerprint density at radius 2 is 2.22 bits per heavy atom. The van der Waals surface area contributed by atoms with E-state index < -0.39 is 5.82 Å². The van der Waals surface area contributed by atoms with Crippen molar-refractivity contribution in [3.05, 3.63) is 41.1 Å². The number of methoxy groups -OCH3 is 1. The number of aliphatic hydroxyl groups is 1. The summed E-state index contributed by atoms with van der Waals surface area (Å²) in [6.45, 7) is -0.270. The molecule has 1 aromatic heterocycles. The van der Waals surface area contributed by atoms with Gasteiger partial charge in [-0.25, -0.2) is 9.37 Å². The Labute approximate surface area is 108 Å². The van der Waals surface area contributed by atoms with Crippen LogP contribution in [0.3, 0.4) is 0 Å². The van der Waals surface area contributed by atoms with E-state index in [0.29, 0.717) is 11.4 Å². The first-order valence-corrected chi connectivity index (χ1v) is 5.49. The minimum atomic E-state index is -0.469. The fourth-order valence-corrected chi connectivity index (χ4v) is 1.73. The second-order valence-corrected chi connectivity index (χ2v) is 3.86. The number of benzene rings is 1. The average Bonchev–Trinajstić information content (AvgIpc) is 2.39. The molecule has 0 atom stereocenters. The van der Waals surface area contributed by atoms with Crippen LogP contribution in [0.1, 0.15) is 5.69 Å². The highest BCUT2D eigenvalue weighted by Gasteiger charge is 2.13. The molecule has 0 amide bonds. The van der Waals surface area contributed by atoms with Crippen molar-refractivity contribution < 1.29 is 14.2 Å². The Kier molecular flexibility index (Phi) is 3.74. The molecule has 18 heavy (non-hydrogen) atoms. The van der Waals surface area contributed by atoms with Crippen LogP contribution in [-0.2, 0) is 6.61 Å². The van der Waals surface area contributed by atoms with Crippen molar-refractivity contribution >= 4 is 11.6 Å². The van der Waals surface area contributed by atoms with Crippen LogP contribution in [0.15, 0.2) is 24.4 Å². The number of aromatic nitrogens is 2. The summed E-state index contributed by atoms with van der Waals surface area (Å²) in [6.07, 6.45) is 1.35. The van der Waals surface area contributed by atoms with E-state index in [2.05, 4.69) is 9.97 Å². The molecule has 2 aromatic rings. The summed E-state index contributed by atoms with van der Waals surface area (Å²) >= 11 is 5.92. The van der Waals surface area contributed by atoms with E-state index in [-0.39, 0.29) is 23.0 Å². The van der Waals surface area contributed by atoms with E-state index in [1.165, 1.54) is 31.5 Å². The number of rotatable bonds is 3. The summed E-state index contributed by atoms with van der Waals surface area (Å²) in [7, 11) is 1.49. The molecule has 2 rings (SSSR count). The molecule has 4 nitrogen and oxygen atoms in total. The van der Waals surface area contributed by atoms with E-state index >= 15 is 0 Å². The molecular weight excluding hydrogens is 259 g/mol. The summed E-state index contributed by atoms with van der Waals surface area (Å²) < 4.78 is 18.7. The molecule has 0 spiro atoms. The highest BCUT2D eigenvalue weighted by molar-refractivity contribution is 6.31. The maximum Gasteiger partial charge on any atom is 0.155 e. The highest BCUT2D eigenvalue weighted by Crippen LogP contribution is 2.29. The predicted molar refractivity (Wildman–Crippen MR) is 64.9 cm³/mol. The van der Waals surface area contributed by atoms with Crippen molar-refractivity contribution in [2.45, 2.75) is 6.61 Å². The van der Waals surface area contributed by atoms with Gasteiger partial charge in [-0.2, -0.15) is 0 Å². The molecule has 0 aliphatic rings. The van der Waals surface area contributed by atoms with Crippen LogP contribution in [0.5, 0.6) is 5.75 Å². The van der Waals surface area contributed by atoms with Crippen molar-refractivity contribution in [1.82, 2.24) is 9.97 Å². The van der Waals surface area contributed by atoms with Gasteiger partial charge in [0, 0.05) is 5.56 Å². The zero-order valence-corrected chi connectivity index (χ0v) is 10.3. The number of ether oxygens (including phenoxy) is 1. The second-order valence-electron chi connectivity index (χ2n) is 3.50. The van der Waals surface area contributed by atoms with E-state index in [9.17, 15) is 4.39 Å². The first-order valence-electron chi connectivity index (χ1n) is 5.12. The van der Waals surface area contributed by atoms with Gasteiger partial charge in [0.2, 0.25) is 0 Å². The first-order chi connectivity index (χ1) is 8.65. The van der Waals surface area contributed by atoms with Gasteiger partial charge in [-0.15, -0.1) is 0 Å². The van der Waals surface area contributed by atoms with Crippen molar-refractivity contribution in [1.29, 1.82) is 0 Å². The van der Waals surface area contributed by atoms with Crippen LogP contribution in [0.2, 0.25) is 5.15 Å². The Balaban J connectivity index is 2.54. The molecule has 6 heteroatoms. The summed E-state index contributed by atoms with van der Waals surface area (Å²) in [5.74, 6) is 0.0271. The lowest BCUT2D eigenvalue weighted by molar-refractivity contribution is 0.276. The van der Waals surface area contributed by atoms with Gasteiger partial charge < -0.3 is 9.84 Å². The van der Waals surface area contributed by atoms with Crippen LogP contribution in [-0.4, -0.2) is 22.2 Å². The number of aliphatic hydroxyl groups excluding tert-OH is 1. The third kappa shape index (κ3) is 2.42. The predicted octanol–water partition coefficient (Wildman–Crippen LogP) is 2.44. The third-order valence-electron chi connectivity index (χ3n) is 2.37.